The quantitative estimate of drug-likeness (QED) is 0.372. The van der Waals surface area contributed by atoms with Crippen molar-refractivity contribution >= 4 is 50.0 Å². The van der Waals surface area contributed by atoms with Crippen LogP contribution in [0.5, 0.6) is 0 Å². The van der Waals surface area contributed by atoms with Crippen molar-refractivity contribution in [3.63, 3.8) is 0 Å². The number of amides is 2. The Kier molecular flexibility index (Phi) is 8.06. The van der Waals surface area contributed by atoms with Crippen molar-refractivity contribution in [2.45, 2.75) is 13.0 Å². The van der Waals surface area contributed by atoms with Crippen LogP contribution < -0.4 is 15.8 Å². The Morgan fingerprint density at radius 2 is 1.76 bits per heavy atom. The average Bonchev–Trinajstić information content (AvgIpc) is 2.92. The molecule has 5 rings (SSSR count). The summed E-state index contributed by atoms with van der Waals surface area (Å²) in [6.07, 6.45) is 4.83. The van der Waals surface area contributed by atoms with Gasteiger partial charge in [0.2, 0.25) is 17.8 Å². The van der Waals surface area contributed by atoms with Crippen LogP contribution in [-0.2, 0) is 26.0 Å². The van der Waals surface area contributed by atoms with Gasteiger partial charge in [-0.05, 0) is 48.7 Å². The van der Waals surface area contributed by atoms with E-state index in [1.54, 1.807) is 26.6 Å². The summed E-state index contributed by atoms with van der Waals surface area (Å²) >= 11 is 0. The van der Waals surface area contributed by atoms with E-state index in [1.807, 2.05) is 24.3 Å². The highest BCUT2D eigenvalue weighted by atomic mass is 32.2. The molecule has 41 heavy (non-hydrogen) atoms. The number of aromatic nitrogens is 3. The highest BCUT2D eigenvalue weighted by Crippen LogP contribution is 2.23. The number of rotatable bonds is 9. The number of sulfone groups is 1. The molecule has 13 heteroatoms. The molecule has 3 aromatic rings. The lowest BCUT2D eigenvalue weighted by Gasteiger charge is -2.38. The van der Waals surface area contributed by atoms with E-state index in [9.17, 15) is 22.8 Å². The maximum atomic E-state index is 12.7. The van der Waals surface area contributed by atoms with Gasteiger partial charge in [-0.3, -0.25) is 19.0 Å². The molecule has 0 unspecified atom stereocenters. The van der Waals surface area contributed by atoms with E-state index < -0.39 is 15.6 Å². The van der Waals surface area contributed by atoms with Crippen molar-refractivity contribution < 1.29 is 18.0 Å². The van der Waals surface area contributed by atoms with Crippen LogP contribution in [0.25, 0.3) is 11.0 Å². The molecule has 2 saturated heterocycles. The Morgan fingerprint density at radius 1 is 1.05 bits per heavy atom. The van der Waals surface area contributed by atoms with Gasteiger partial charge in [-0.2, -0.15) is 4.98 Å². The number of carbonyl (C=O) groups excluding carboxylic acids is 2. The Labute approximate surface area is 238 Å². The first-order valence-corrected chi connectivity index (χ1v) is 15.5. The summed E-state index contributed by atoms with van der Waals surface area (Å²) in [5.41, 5.74) is 2.18. The molecule has 1 aromatic carbocycles. The fourth-order valence-electron chi connectivity index (χ4n) is 5.14. The molecule has 2 amide bonds. The maximum Gasteiger partial charge on any atom is 0.252 e. The second-order valence-electron chi connectivity index (χ2n) is 10.5. The SMILES string of the molecule is C=CC(=O)N1CC(CCn2c(=O)ccc3cnc(Nc4ccc(N5CCN(C(=O)CS(C)(=O)=O)CC5)cc4)nc32)C1. The zero-order valence-electron chi connectivity index (χ0n) is 22.9. The van der Waals surface area contributed by atoms with Crippen molar-refractivity contribution in [2.75, 3.05) is 61.5 Å². The number of pyridine rings is 1. The fraction of sp³-hybridized carbons (Fsp3) is 0.393. The zero-order chi connectivity index (χ0) is 29.1. The smallest absolute Gasteiger partial charge is 0.252 e. The van der Waals surface area contributed by atoms with Crippen LogP contribution in [0, 0.1) is 5.92 Å². The van der Waals surface area contributed by atoms with Gasteiger partial charge in [0, 0.05) is 81.1 Å². The van der Waals surface area contributed by atoms with Crippen LogP contribution in [0.1, 0.15) is 6.42 Å². The van der Waals surface area contributed by atoms with E-state index in [-0.39, 0.29) is 17.4 Å². The molecule has 12 nitrogen and oxygen atoms in total. The van der Waals surface area contributed by atoms with Gasteiger partial charge in [-0.25, -0.2) is 13.4 Å². The molecule has 0 radical (unpaired) electrons. The minimum atomic E-state index is -3.35. The minimum Gasteiger partial charge on any atom is -0.368 e. The summed E-state index contributed by atoms with van der Waals surface area (Å²) in [5, 5.41) is 3.97. The van der Waals surface area contributed by atoms with Crippen LogP contribution in [0.4, 0.5) is 17.3 Å². The molecule has 4 heterocycles. The second kappa shape index (κ2) is 11.7. The lowest BCUT2D eigenvalue weighted by molar-refractivity contribution is -0.132. The Balaban J connectivity index is 1.21. The molecule has 0 atom stereocenters. The number of nitrogens with one attached hydrogen (secondary N) is 1. The van der Waals surface area contributed by atoms with Crippen molar-refractivity contribution in [1.82, 2.24) is 24.3 Å². The standard InChI is InChI=1S/C28H33N7O5S/c1-3-24(36)34-17-20(18-34)10-11-35-25(37)9-4-21-16-29-28(31-27(21)35)30-22-5-7-23(8-6-22)32-12-14-33(15-13-32)26(38)19-41(2,39)40/h3-9,16,20H,1,10-15,17-19H2,2H3,(H,29,30,31). The number of aryl methyl sites for hydroxylation is 1. The summed E-state index contributed by atoms with van der Waals surface area (Å²) in [6.45, 7) is 7.50. The fourth-order valence-corrected chi connectivity index (χ4v) is 5.77. The van der Waals surface area contributed by atoms with E-state index in [4.69, 9.17) is 0 Å². The molecule has 2 aliphatic rings. The predicted octanol–water partition coefficient (Wildman–Crippen LogP) is 1.26. The molecule has 1 N–H and O–H groups in total. The second-order valence-corrected chi connectivity index (χ2v) is 12.6. The van der Waals surface area contributed by atoms with Gasteiger partial charge >= 0.3 is 0 Å². The number of fused-ring (bicyclic) bond motifs is 1. The first-order valence-electron chi connectivity index (χ1n) is 13.4. The number of nitrogens with zero attached hydrogens (tertiary/aromatic N) is 6. The van der Waals surface area contributed by atoms with Gasteiger partial charge in [0.05, 0.1) is 0 Å². The third kappa shape index (κ3) is 6.73. The van der Waals surface area contributed by atoms with Crippen LogP contribution in [0.3, 0.4) is 0 Å². The largest absolute Gasteiger partial charge is 0.368 e. The Hall–Kier alpha value is -4.26. The van der Waals surface area contributed by atoms with E-state index in [2.05, 4.69) is 26.8 Å². The first-order chi connectivity index (χ1) is 19.6. The lowest BCUT2D eigenvalue weighted by Crippen LogP contribution is -2.50. The number of carbonyl (C=O) groups is 2. The van der Waals surface area contributed by atoms with Crippen LogP contribution >= 0.6 is 0 Å². The highest BCUT2D eigenvalue weighted by molar-refractivity contribution is 7.91. The van der Waals surface area contributed by atoms with Crippen molar-refractivity contribution in [2.24, 2.45) is 5.92 Å². The molecular formula is C28H33N7O5S. The van der Waals surface area contributed by atoms with Gasteiger partial charge in [0.25, 0.3) is 5.56 Å². The Bertz CT molecular complexity index is 1620. The molecular weight excluding hydrogens is 546 g/mol. The van der Waals surface area contributed by atoms with Gasteiger partial charge in [-0.1, -0.05) is 6.58 Å². The number of piperazine rings is 1. The number of hydrogen-bond acceptors (Lipinski definition) is 9. The van der Waals surface area contributed by atoms with E-state index in [1.165, 1.54) is 12.1 Å². The van der Waals surface area contributed by atoms with Crippen molar-refractivity contribution in [1.29, 1.82) is 0 Å². The number of hydrogen-bond donors (Lipinski definition) is 1. The molecule has 0 saturated carbocycles. The lowest BCUT2D eigenvalue weighted by atomic mass is 9.96. The number of likely N-dealkylation sites (tertiary alicyclic amines) is 1. The predicted molar refractivity (Wildman–Crippen MR) is 157 cm³/mol. The summed E-state index contributed by atoms with van der Waals surface area (Å²) in [4.78, 5) is 51.1. The summed E-state index contributed by atoms with van der Waals surface area (Å²) in [7, 11) is -3.35. The monoisotopic (exact) mass is 579 g/mol. The topological polar surface area (TPSA) is 138 Å². The summed E-state index contributed by atoms with van der Waals surface area (Å²) < 4.78 is 24.5. The average molecular weight is 580 g/mol. The molecule has 0 aliphatic carbocycles. The molecule has 2 aromatic heterocycles. The van der Waals surface area contributed by atoms with Gasteiger partial charge < -0.3 is 20.0 Å². The van der Waals surface area contributed by atoms with Crippen molar-refractivity contribution in [3.05, 3.63) is 65.6 Å². The Morgan fingerprint density at radius 3 is 2.41 bits per heavy atom. The number of benzene rings is 1. The minimum absolute atomic E-state index is 0.0685. The normalized spacial score (nSPS) is 16.0. The molecule has 0 bridgehead atoms. The van der Waals surface area contributed by atoms with E-state index in [0.29, 0.717) is 63.3 Å². The zero-order valence-corrected chi connectivity index (χ0v) is 23.7. The van der Waals surface area contributed by atoms with E-state index >= 15 is 0 Å². The van der Waals surface area contributed by atoms with Gasteiger partial charge in [0.15, 0.2) is 9.84 Å². The number of anilines is 3. The van der Waals surface area contributed by atoms with Gasteiger partial charge in [0.1, 0.15) is 11.4 Å². The summed E-state index contributed by atoms with van der Waals surface area (Å²) in [6, 6.07) is 11.0. The maximum absolute atomic E-state index is 12.7. The molecule has 2 fully saturated rings. The van der Waals surface area contributed by atoms with Gasteiger partial charge in [-0.15, -0.1) is 0 Å². The van der Waals surface area contributed by atoms with Crippen LogP contribution in [-0.4, -0.2) is 95.8 Å². The van der Waals surface area contributed by atoms with Crippen molar-refractivity contribution in [3.8, 4) is 0 Å². The van der Waals surface area contributed by atoms with Crippen LogP contribution in [0.2, 0.25) is 0 Å². The van der Waals surface area contributed by atoms with E-state index in [0.717, 1.165) is 29.4 Å². The highest BCUT2D eigenvalue weighted by Gasteiger charge is 2.29. The van der Waals surface area contributed by atoms with Crippen LogP contribution in [0.15, 0.2) is 60.0 Å². The molecule has 2 aliphatic heterocycles. The third-order valence-corrected chi connectivity index (χ3v) is 8.21. The third-order valence-electron chi connectivity index (χ3n) is 7.43. The first kappa shape index (κ1) is 28.3. The molecule has 216 valence electrons. The summed E-state index contributed by atoms with van der Waals surface area (Å²) in [5.74, 6) is -0.190. The molecule has 0 spiro atoms.